The van der Waals surface area contributed by atoms with Gasteiger partial charge in [-0.05, 0) is 20.8 Å². The summed E-state index contributed by atoms with van der Waals surface area (Å²) in [6, 6.07) is 0. The first-order valence-electron chi connectivity index (χ1n) is 7.85. The zero-order valence-corrected chi connectivity index (χ0v) is 13.4. The largest absolute Gasteiger partial charge is 0.469 e. The number of hydrogen-bond acceptors (Lipinski definition) is 7. The molecule has 7 nitrogen and oxygen atoms in total. The maximum absolute atomic E-state index is 13.0. The summed E-state index contributed by atoms with van der Waals surface area (Å²) in [4.78, 5) is 38.5. The van der Waals surface area contributed by atoms with Crippen molar-refractivity contribution < 1.29 is 33.3 Å². The lowest BCUT2D eigenvalue weighted by Crippen LogP contribution is -2.68. The fourth-order valence-electron chi connectivity index (χ4n) is 5.75. The first-order chi connectivity index (χ1) is 10.7. The van der Waals surface area contributed by atoms with Crippen LogP contribution in [0.15, 0.2) is 0 Å². The van der Waals surface area contributed by atoms with Gasteiger partial charge in [-0.15, -0.1) is 0 Å². The van der Waals surface area contributed by atoms with Crippen molar-refractivity contribution in [2.45, 2.75) is 49.8 Å². The number of carbonyl (C=O) groups excluding carboxylic acids is 3. The van der Waals surface area contributed by atoms with E-state index in [2.05, 4.69) is 0 Å². The molecule has 0 radical (unpaired) electrons. The maximum Gasteiger partial charge on any atom is 0.312 e. The van der Waals surface area contributed by atoms with E-state index in [-0.39, 0.29) is 6.10 Å². The third-order valence-corrected chi connectivity index (χ3v) is 6.85. The van der Waals surface area contributed by atoms with Crippen molar-refractivity contribution in [2.75, 3.05) is 13.7 Å². The average molecular weight is 322 g/mol. The standard InChI is InChI=1S/C16H18O7/c1-13(2)6-7(12(19)20-4)16(23-13)11-10(22-11)15(5-21-15)14(16,3)9(18)8(6)17/h6-7,10-11H,5H2,1-4H3/t6-,7+,10+,11-,14-,15+,16-/m0/s1. The lowest BCUT2D eigenvalue weighted by atomic mass is 9.53. The molecule has 0 unspecified atom stereocenters. The second-order valence-corrected chi connectivity index (χ2v) is 7.95. The molecule has 3 saturated heterocycles. The minimum atomic E-state index is -1.21. The minimum absolute atomic E-state index is 0.302. The molecule has 0 aromatic rings. The summed E-state index contributed by atoms with van der Waals surface area (Å²) in [7, 11) is 1.28. The van der Waals surface area contributed by atoms with Crippen molar-refractivity contribution in [1.82, 2.24) is 0 Å². The molecule has 2 aliphatic carbocycles. The van der Waals surface area contributed by atoms with Gasteiger partial charge in [0.15, 0.2) is 0 Å². The van der Waals surface area contributed by atoms with E-state index >= 15 is 0 Å². The molecule has 2 spiro atoms. The number of epoxide rings is 2. The molecule has 0 N–H and O–H groups in total. The van der Waals surface area contributed by atoms with Crippen molar-refractivity contribution in [3.63, 3.8) is 0 Å². The number of esters is 1. The van der Waals surface area contributed by atoms with Crippen molar-refractivity contribution in [1.29, 1.82) is 0 Å². The van der Waals surface area contributed by atoms with Crippen LogP contribution in [0.5, 0.6) is 0 Å². The van der Waals surface area contributed by atoms with Gasteiger partial charge in [0.25, 0.3) is 0 Å². The summed E-state index contributed by atoms with van der Waals surface area (Å²) >= 11 is 0. The smallest absolute Gasteiger partial charge is 0.312 e. The number of hydrogen-bond donors (Lipinski definition) is 0. The van der Waals surface area contributed by atoms with Gasteiger partial charge in [-0.2, -0.15) is 0 Å². The molecule has 2 bridgehead atoms. The molecule has 0 aromatic carbocycles. The van der Waals surface area contributed by atoms with E-state index in [0.29, 0.717) is 6.61 Å². The van der Waals surface area contributed by atoms with Crippen LogP contribution in [-0.4, -0.2) is 60.3 Å². The topological polar surface area (TPSA) is 94.7 Å². The van der Waals surface area contributed by atoms with E-state index in [1.165, 1.54) is 7.11 Å². The van der Waals surface area contributed by atoms with Crippen molar-refractivity contribution in [3.8, 4) is 0 Å². The van der Waals surface area contributed by atoms with Crippen LogP contribution in [0.25, 0.3) is 0 Å². The molecule has 5 aliphatic rings. The van der Waals surface area contributed by atoms with Crippen molar-refractivity contribution in [2.24, 2.45) is 17.3 Å². The molecule has 0 aromatic heterocycles. The average Bonchev–Trinajstić information content (AvgIpc) is 3.36. The second-order valence-electron chi connectivity index (χ2n) is 7.95. The highest BCUT2D eigenvalue weighted by Crippen LogP contribution is 2.77. The molecule has 5 fully saturated rings. The summed E-state index contributed by atoms with van der Waals surface area (Å²) in [6.07, 6.45) is -0.718. The minimum Gasteiger partial charge on any atom is -0.469 e. The monoisotopic (exact) mass is 322 g/mol. The highest BCUT2D eigenvalue weighted by atomic mass is 16.7. The number of Topliss-reactive ketones (excluding diaryl/α,β-unsaturated/α-hetero) is 2. The van der Waals surface area contributed by atoms with E-state index < -0.39 is 57.7 Å². The summed E-state index contributed by atoms with van der Waals surface area (Å²) < 4.78 is 22.7. The number of methoxy groups -OCH3 is 1. The molecular weight excluding hydrogens is 304 g/mol. The third-order valence-electron chi connectivity index (χ3n) is 6.85. The van der Waals surface area contributed by atoms with Crippen LogP contribution < -0.4 is 0 Å². The van der Waals surface area contributed by atoms with Gasteiger partial charge in [-0.3, -0.25) is 14.4 Å². The molecule has 0 amide bonds. The third kappa shape index (κ3) is 1.08. The molecule has 23 heavy (non-hydrogen) atoms. The van der Waals surface area contributed by atoms with Crippen LogP contribution in [-0.2, 0) is 33.3 Å². The van der Waals surface area contributed by atoms with Crippen LogP contribution in [0.4, 0.5) is 0 Å². The predicted octanol–water partition coefficient (Wildman–Crippen LogP) is -0.352. The van der Waals surface area contributed by atoms with Crippen LogP contribution in [0, 0.1) is 17.3 Å². The first-order valence-corrected chi connectivity index (χ1v) is 7.85. The summed E-state index contributed by atoms with van der Waals surface area (Å²) in [5, 5.41) is 0. The van der Waals surface area contributed by atoms with E-state index in [1.807, 2.05) is 0 Å². The molecule has 124 valence electrons. The fourth-order valence-corrected chi connectivity index (χ4v) is 5.75. The van der Waals surface area contributed by atoms with E-state index in [1.54, 1.807) is 20.8 Å². The van der Waals surface area contributed by atoms with Gasteiger partial charge in [0.2, 0.25) is 11.6 Å². The second kappa shape index (κ2) is 3.38. The number of carbonyl (C=O) groups is 3. The Morgan fingerprint density at radius 1 is 1.22 bits per heavy atom. The number of ketones is 2. The van der Waals surface area contributed by atoms with Crippen molar-refractivity contribution >= 4 is 17.5 Å². The van der Waals surface area contributed by atoms with Crippen LogP contribution in [0.3, 0.4) is 0 Å². The molecule has 3 heterocycles. The highest BCUT2D eigenvalue weighted by Gasteiger charge is 2.97. The number of ether oxygens (including phenoxy) is 4. The summed E-state index contributed by atoms with van der Waals surface area (Å²) in [5.41, 5.74) is -4.20. The Morgan fingerprint density at radius 3 is 2.43 bits per heavy atom. The predicted molar refractivity (Wildman–Crippen MR) is 72.4 cm³/mol. The van der Waals surface area contributed by atoms with Gasteiger partial charge >= 0.3 is 5.97 Å². The van der Waals surface area contributed by atoms with Gasteiger partial charge in [-0.25, -0.2) is 0 Å². The molecule has 7 atom stereocenters. The number of fused-ring (bicyclic) bond motifs is 4. The highest BCUT2D eigenvalue weighted by molar-refractivity contribution is 6.42. The molecule has 3 aliphatic heterocycles. The van der Waals surface area contributed by atoms with Crippen LogP contribution >= 0.6 is 0 Å². The molecular formula is C16H18O7. The molecule has 2 saturated carbocycles. The Bertz CT molecular complexity index is 693. The molecule has 5 rings (SSSR count). The van der Waals surface area contributed by atoms with Gasteiger partial charge in [-0.1, -0.05) is 0 Å². The fraction of sp³-hybridized carbons (Fsp3) is 0.812. The Labute approximate surface area is 132 Å². The normalized spacial score (nSPS) is 57.2. The van der Waals surface area contributed by atoms with Crippen LogP contribution in [0.1, 0.15) is 20.8 Å². The van der Waals surface area contributed by atoms with Gasteiger partial charge in [0, 0.05) is 0 Å². The Morgan fingerprint density at radius 2 is 1.87 bits per heavy atom. The lowest BCUT2D eigenvalue weighted by molar-refractivity contribution is -0.200. The number of rotatable bonds is 1. The van der Waals surface area contributed by atoms with Gasteiger partial charge in [0.1, 0.15) is 34.7 Å². The van der Waals surface area contributed by atoms with Crippen molar-refractivity contribution in [3.05, 3.63) is 0 Å². The first kappa shape index (κ1) is 14.1. The Hall–Kier alpha value is -1.31. The molecule has 7 heteroatoms. The van der Waals surface area contributed by atoms with Gasteiger partial charge < -0.3 is 18.9 Å². The Balaban J connectivity index is 1.82. The maximum atomic E-state index is 13.0. The lowest BCUT2D eigenvalue weighted by Gasteiger charge is -2.47. The van der Waals surface area contributed by atoms with Gasteiger partial charge in [0.05, 0.1) is 25.2 Å². The zero-order chi connectivity index (χ0) is 16.6. The van der Waals surface area contributed by atoms with E-state index in [4.69, 9.17) is 18.9 Å². The summed E-state index contributed by atoms with van der Waals surface area (Å²) in [6.45, 7) is 5.53. The van der Waals surface area contributed by atoms with E-state index in [9.17, 15) is 14.4 Å². The Kier molecular flexibility index (Phi) is 2.07. The zero-order valence-electron chi connectivity index (χ0n) is 13.4. The van der Waals surface area contributed by atoms with E-state index in [0.717, 1.165) is 0 Å². The SMILES string of the molecule is COC(=O)[C@H]1[C@H]2C(=O)C(=O)[C@]3(C)[C@@]1(OC2(C)C)[C@H]1O[C@H]1[C@]31CO1. The summed E-state index contributed by atoms with van der Waals surface area (Å²) in [5.74, 6) is -3.29. The van der Waals surface area contributed by atoms with Crippen LogP contribution in [0.2, 0.25) is 0 Å². The quantitative estimate of drug-likeness (QED) is 0.370.